The number of hydrogen-bond acceptors (Lipinski definition) is 5. The molecule has 0 saturated carbocycles. The van der Waals surface area contributed by atoms with E-state index < -0.39 is 11.9 Å². The van der Waals surface area contributed by atoms with E-state index in [0.29, 0.717) is 25.7 Å². The molecule has 0 amide bonds. The zero-order chi connectivity index (χ0) is 19.9. The Labute approximate surface area is 163 Å². The Morgan fingerprint density at radius 2 is 1.41 bits per heavy atom. The number of unbranched alkanes of at least 4 members (excludes halogenated alkanes) is 4. The van der Waals surface area contributed by atoms with Crippen LogP contribution in [0.2, 0.25) is 0 Å². The van der Waals surface area contributed by atoms with E-state index in [0.717, 1.165) is 32.1 Å². The second-order valence-corrected chi connectivity index (χ2v) is 6.91. The molecule has 152 valence electrons. The SMILES string of the molecule is CCCCCCCOC(=O)c1ccccc1C(=O)OCCC(C)CCOC. The smallest absolute Gasteiger partial charge is 0.339 e. The van der Waals surface area contributed by atoms with Crippen LogP contribution in [0.25, 0.3) is 0 Å². The highest BCUT2D eigenvalue weighted by Gasteiger charge is 2.19. The molecule has 0 saturated heterocycles. The Morgan fingerprint density at radius 3 is 2.00 bits per heavy atom. The summed E-state index contributed by atoms with van der Waals surface area (Å²) in [6.45, 7) is 5.66. The number of rotatable bonds is 14. The number of benzene rings is 1. The number of hydrogen-bond donors (Lipinski definition) is 0. The van der Waals surface area contributed by atoms with Crippen LogP contribution in [0.3, 0.4) is 0 Å². The normalized spacial score (nSPS) is 11.8. The molecule has 0 aliphatic carbocycles. The topological polar surface area (TPSA) is 61.8 Å². The fraction of sp³-hybridized carbons (Fsp3) is 0.636. The Kier molecular flexibility index (Phi) is 12.2. The molecule has 0 spiro atoms. The molecule has 0 aromatic heterocycles. The van der Waals surface area contributed by atoms with Crippen LogP contribution in [-0.4, -0.2) is 38.9 Å². The highest BCUT2D eigenvalue weighted by atomic mass is 16.5. The molecule has 0 fully saturated rings. The summed E-state index contributed by atoms with van der Waals surface area (Å²) in [5.74, 6) is -0.540. The van der Waals surface area contributed by atoms with E-state index in [1.807, 2.05) is 0 Å². The van der Waals surface area contributed by atoms with Crippen LogP contribution in [-0.2, 0) is 14.2 Å². The van der Waals surface area contributed by atoms with Crippen LogP contribution < -0.4 is 0 Å². The first kappa shape index (κ1) is 23.2. The van der Waals surface area contributed by atoms with Gasteiger partial charge in [0.15, 0.2) is 0 Å². The van der Waals surface area contributed by atoms with E-state index in [1.54, 1.807) is 31.4 Å². The zero-order valence-corrected chi connectivity index (χ0v) is 17.0. The quantitative estimate of drug-likeness (QED) is 0.335. The van der Waals surface area contributed by atoms with E-state index in [-0.39, 0.29) is 11.1 Å². The Hall–Kier alpha value is -1.88. The van der Waals surface area contributed by atoms with Gasteiger partial charge in [0.1, 0.15) is 0 Å². The highest BCUT2D eigenvalue weighted by Crippen LogP contribution is 2.14. The van der Waals surface area contributed by atoms with Crippen molar-refractivity contribution in [2.75, 3.05) is 26.9 Å². The number of carbonyl (C=O) groups is 2. The van der Waals surface area contributed by atoms with Gasteiger partial charge in [-0.25, -0.2) is 9.59 Å². The predicted molar refractivity (Wildman–Crippen MR) is 106 cm³/mol. The van der Waals surface area contributed by atoms with E-state index in [9.17, 15) is 9.59 Å². The summed E-state index contributed by atoms with van der Waals surface area (Å²) in [5.41, 5.74) is 0.529. The van der Waals surface area contributed by atoms with Crippen molar-refractivity contribution in [2.24, 2.45) is 5.92 Å². The zero-order valence-electron chi connectivity index (χ0n) is 17.0. The number of esters is 2. The van der Waals surface area contributed by atoms with Crippen LogP contribution >= 0.6 is 0 Å². The standard InChI is InChI=1S/C22H34O5/c1-4-5-6-7-10-15-26-21(23)19-11-8-9-12-20(19)22(24)27-17-14-18(2)13-16-25-3/h8-9,11-12,18H,4-7,10,13-17H2,1-3H3. The molecular weight excluding hydrogens is 344 g/mol. The third-order valence-corrected chi connectivity index (χ3v) is 4.51. The lowest BCUT2D eigenvalue weighted by molar-refractivity contribution is 0.0440. The lowest BCUT2D eigenvalue weighted by Crippen LogP contribution is -2.15. The first-order valence-electron chi connectivity index (χ1n) is 10.0. The summed E-state index contributed by atoms with van der Waals surface area (Å²) in [5, 5.41) is 0. The second-order valence-electron chi connectivity index (χ2n) is 6.91. The first-order chi connectivity index (χ1) is 13.1. The molecular formula is C22H34O5. The minimum absolute atomic E-state index is 0.262. The van der Waals surface area contributed by atoms with Gasteiger partial charge in [0.05, 0.1) is 24.3 Å². The molecule has 0 bridgehead atoms. The monoisotopic (exact) mass is 378 g/mol. The van der Waals surface area contributed by atoms with Gasteiger partial charge in [-0.05, 0) is 37.3 Å². The maximum absolute atomic E-state index is 12.4. The van der Waals surface area contributed by atoms with Crippen molar-refractivity contribution < 1.29 is 23.8 Å². The third kappa shape index (κ3) is 9.57. The van der Waals surface area contributed by atoms with Gasteiger partial charge in [-0.2, -0.15) is 0 Å². The maximum atomic E-state index is 12.4. The van der Waals surface area contributed by atoms with Crippen molar-refractivity contribution in [3.8, 4) is 0 Å². The first-order valence-corrected chi connectivity index (χ1v) is 10.0. The fourth-order valence-corrected chi connectivity index (χ4v) is 2.68. The van der Waals surface area contributed by atoms with E-state index >= 15 is 0 Å². The van der Waals surface area contributed by atoms with Gasteiger partial charge in [0.25, 0.3) is 0 Å². The molecule has 1 rings (SSSR count). The van der Waals surface area contributed by atoms with Crippen molar-refractivity contribution >= 4 is 11.9 Å². The van der Waals surface area contributed by atoms with Gasteiger partial charge < -0.3 is 14.2 Å². The molecule has 0 aliphatic rings. The number of carbonyl (C=O) groups excluding carboxylic acids is 2. The Balaban J connectivity index is 2.47. The van der Waals surface area contributed by atoms with Gasteiger partial charge >= 0.3 is 11.9 Å². The molecule has 0 aliphatic heterocycles. The predicted octanol–water partition coefficient (Wildman–Crippen LogP) is 5.03. The fourth-order valence-electron chi connectivity index (χ4n) is 2.68. The van der Waals surface area contributed by atoms with E-state index in [2.05, 4.69) is 13.8 Å². The van der Waals surface area contributed by atoms with Gasteiger partial charge in [-0.3, -0.25) is 0 Å². The molecule has 0 heterocycles. The Bertz CT molecular complexity index is 555. The molecule has 5 heteroatoms. The summed E-state index contributed by atoms with van der Waals surface area (Å²) in [4.78, 5) is 24.7. The van der Waals surface area contributed by atoms with Gasteiger partial charge in [-0.15, -0.1) is 0 Å². The lowest BCUT2D eigenvalue weighted by atomic mass is 10.1. The lowest BCUT2D eigenvalue weighted by Gasteiger charge is -2.12. The maximum Gasteiger partial charge on any atom is 0.339 e. The van der Waals surface area contributed by atoms with Crippen molar-refractivity contribution in [2.45, 2.75) is 58.8 Å². The van der Waals surface area contributed by atoms with Crippen LogP contribution in [0.4, 0.5) is 0 Å². The molecule has 0 N–H and O–H groups in total. The van der Waals surface area contributed by atoms with E-state index in [4.69, 9.17) is 14.2 Å². The number of ether oxygens (including phenoxy) is 3. The van der Waals surface area contributed by atoms with Crippen LogP contribution in [0.15, 0.2) is 24.3 Å². The van der Waals surface area contributed by atoms with E-state index in [1.165, 1.54) is 12.8 Å². The molecule has 0 radical (unpaired) electrons. The minimum Gasteiger partial charge on any atom is -0.462 e. The number of methoxy groups -OCH3 is 1. The van der Waals surface area contributed by atoms with Crippen LogP contribution in [0, 0.1) is 5.92 Å². The molecule has 1 unspecified atom stereocenters. The summed E-state index contributed by atoms with van der Waals surface area (Å²) >= 11 is 0. The summed E-state index contributed by atoms with van der Waals surface area (Å²) in [6.07, 6.45) is 7.12. The summed E-state index contributed by atoms with van der Waals surface area (Å²) in [7, 11) is 1.67. The molecule has 27 heavy (non-hydrogen) atoms. The van der Waals surface area contributed by atoms with Crippen molar-refractivity contribution in [3.63, 3.8) is 0 Å². The van der Waals surface area contributed by atoms with Crippen molar-refractivity contribution in [3.05, 3.63) is 35.4 Å². The third-order valence-electron chi connectivity index (χ3n) is 4.51. The van der Waals surface area contributed by atoms with Crippen molar-refractivity contribution in [1.82, 2.24) is 0 Å². The van der Waals surface area contributed by atoms with Gasteiger partial charge in [0.2, 0.25) is 0 Å². The molecule has 1 atom stereocenters. The van der Waals surface area contributed by atoms with Crippen molar-refractivity contribution in [1.29, 1.82) is 0 Å². The Morgan fingerprint density at radius 1 is 0.852 bits per heavy atom. The summed E-state index contributed by atoms with van der Waals surface area (Å²) in [6, 6.07) is 6.66. The average molecular weight is 379 g/mol. The van der Waals surface area contributed by atoms with Crippen LogP contribution in [0.1, 0.15) is 79.5 Å². The molecule has 5 nitrogen and oxygen atoms in total. The second kappa shape index (κ2) is 14.2. The van der Waals surface area contributed by atoms with Gasteiger partial charge in [-0.1, -0.05) is 51.7 Å². The largest absolute Gasteiger partial charge is 0.462 e. The highest BCUT2D eigenvalue weighted by molar-refractivity contribution is 6.03. The minimum atomic E-state index is -0.482. The average Bonchev–Trinajstić information content (AvgIpc) is 2.68. The molecule has 1 aromatic carbocycles. The summed E-state index contributed by atoms with van der Waals surface area (Å²) < 4.78 is 15.7. The van der Waals surface area contributed by atoms with Gasteiger partial charge in [0, 0.05) is 13.7 Å². The molecule has 1 aromatic rings. The van der Waals surface area contributed by atoms with Crippen LogP contribution in [0.5, 0.6) is 0 Å².